The summed E-state index contributed by atoms with van der Waals surface area (Å²) in [4.78, 5) is 4.84. The third-order valence-electron chi connectivity index (χ3n) is 5.49. The zero-order valence-electron chi connectivity index (χ0n) is 18.7. The number of para-hydroxylation sites is 3. The van der Waals surface area contributed by atoms with E-state index in [0.29, 0.717) is 13.2 Å². The molecule has 0 N–H and O–H groups in total. The van der Waals surface area contributed by atoms with Crippen molar-refractivity contribution < 1.29 is 9.47 Å². The van der Waals surface area contributed by atoms with E-state index in [1.54, 1.807) is 0 Å². The summed E-state index contributed by atoms with van der Waals surface area (Å²) in [6.45, 7) is 7.95. The Labute approximate surface area is 190 Å². The zero-order chi connectivity index (χ0) is 22.2. The van der Waals surface area contributed by atoms with Gasteiger partial charge in [-0.3, -0.25) is 0 Å². The second-order valence-corrected chi connectivity index (χ2v) is 7.93. The molecule has 0 radical (unpaired) electrons. The fraction of sp³-hybridized carbons (Fsp3) is 0.250. The van der Waals surface area contributed by atoms with Gasteiger partial charge in [0.2, 0.25) is 0 Å². The normalized spacial score (nSPS) is 10.9. The van der Waals surface area contributed by atoms with Crippen LogP contribution >= 0.6 is 0 Å². The van der Waals surface area contributed by atoms with E-state index < -0.39 is 0 Å². The highest BCUT2D eigenvalue weighted by atomic mass is 16.5. The first-order valence-corrected chi connectivity index (χ1v) is 11.2. The van der Waals surface area contributed by atoms with Crippen LogP contribution in [0.4, 0.5) is 0 Å². The predicted molar refractivity (Wildman–Crippen MR) is 130 cm³/mol. The van der Waals surface area contributed by atoms with Gasteiger partial charge in [0.25, 0.3) is 0 Å². The van der Waals surface area contributed by atoms with E-state index >= 15 is 0 Å². The molecule has 0 saturated heterocycles. The molecule has 0 unspecified atom stereocenters. The summed E-state index contributed by atoms with van der Waals surface area (Å²) in [5, 5.41) is 0. The molecule has 164 valence electrons. The molecule has 4 heteroatoms. The van der Waals surface area contributed by atoms with Gasteiger partial charge in [0.05, 0.1) is 17.6 Å². The Bertz CT molecular complexity index is 1160. The lowest BCUT2D eigenvalue weighted by atomic mass is 10.1. The van der Waals surface area contributed by atoms with E-state index in [1.807, 2.05) is 42.5 Å². The third-order valence-corrected chi connectivity index (χ3v) is 5.49. The fourth-order valence-corrected chi connectivity index (χ4v) is 3.79. The molecule has 3 aromatic carbocycles. The summed E-state index contributed by atoms with van der Waals surface area (Å²) < 4.78 is 14.3. The molecule has 1 heterocycles. The smallest absolute Gasteiger partial charge is 0.147 e. The van der Waals surface area contributed by atoms with E-state index in [4.69, 9.17) is 14.5 Å². The van der Waals surface area contributed by atoms with E-state index in [-0.39, 0.29) is 0 Å². The molecule has 4 aromatic rings. The molecular weight excluding hydrogens is 396 g/mol. The Morgan fingerprint density at radius 1 is 0.906 bits per heavy atom. The van der Waals surface area contributed by atoms with Crippen molar-refractivity contribution in [3.05, 3.63) is 102 Å². The van der Waals surface area contributed by atoms with Crippen LogP contribution in [0.25, 0.3) is 11.0 Å². The number of hydrogen-bond acceptors (Lipinski definition) is 3. The molecule has 0 spiro atoms. The Balaban J connectivity index is 1.40. The molecule has 1 aromatic heterocycles. The number of benzene rings is 3. The molecule has 0 saturated carbocycles. The van der Waals surface area contributed by atoms with Crippen LogP contribution in [0.3, 0.4) is 0 Å². The van der Waals surface area contributed by atoms with Gasteiger partial charge in [0.1, 0.15) is 23.9 Å². The topological polar surface area (TPSA) is 36.3 Å². The van der Waals surface area contributed by atoms with Crippen molar-refractivity contribution in [2.24, 2.45) is 0 Å². The van der Waals surface area contributed by atoms with Crippen LogP contribution in [0.2, 0.25) is 0 Å². The summed E-state index contributed by atoms with van der Waals surface area (Å²) in [5.41, 5.74) is 4.52. The molecule has 4 rings (SSSR count). The molecule has 0 bridgehead atoms. The second-order valence-electron chi connectivity index (χ2n) is 7.93. The third kappa shape index (κ3) is 5.38. The summed E-state index contributed by atoms with van der Waals surface area (Å²) in [6.07, 6.45) is 4.67. The lowest BCUT2D eigenvalue weighted by Crippen LogP contribution is -2.09. The van der Waals surface area contributed by atoms with Crippen molar-refractivity contribution in [2.45, 2.75) is 39.3 Å². The number of aromatic nitrogens is 2. The maximum Gasteiger partial charge on any atom is 0.147 e. The number of imidazole rings is 1. The number of aryl methyl sites for hydroxylation is 2. The van der Waals surface area contributed by atoms with Crippen LogP contribution in [-0.2, 0) is 19.6 Å². The fourth-order valence-electron chi connectivity index (χ4n) is 3.79. The minimum atomic E-state index is 0.433. The highest BCUT2D eigenvalue weighted by Crippen LogP contribution is 2.22. The molecule has 0 aliphatic rings. The highest BCUT2D eigenvalue weighted by molar-refractivity contribution is 5.75. The SMILES string of the molecule is C=CCc1ccccc1OCc1nc2ccccc2n1CCCCOc1ccc(C)cc1. The zero-order valence-corrected chi connectivity index (χ0v) is 18.7. The van der Waals surface area contributed by atoms with Crippen molar-refractivity contribution in [3.8, 4) is 11.5 Å². The Morgan fingerprint density at radius 3 is 2.53 bits per heavy atom. The highest BCUT2D eigenvalue weighted by Gasteiger charge is 2.12. The minimum absolute atomic E-state index is 0.433. The van der Waals surface area contributed by atoms with Gasteiger partial charge in [-0.05, 0) is 62.1 Å². The maximum absolute atomic E-state index is 6.19. The van der Waals surface area contributed by atoms with Crippen molar-refractivity contribution in [2.75, 3.05) is 6.61 Å². The van der Waals surface area contributed by atoms with E-state index in [0.717, 1.165) is 59.7 Å². The van der Waals surface area contributed by atoms with Crippen LogP contribution in [-0.4, -0.2) is 16.2 Å². The van der Waals surface area contributed by atoms with Gasteiger partial charge < -0.3 is 14.0 Å². The number of nitrogens with zero attached hydrogens (tertiary/aromatic N) is 2. The average Bonchev–Trinajstić information content (AvgIpc) is 3.17. The predicted octanol–water partition coefficient (Wildman–Crippen LogP) is 6.51. The number of unbranched alkanes of at least 4 members (excludes halogenated alkanes) is 1. The maximum atomic E-state index is 6.19. The van der Waals surface area contributed by atoms with Gasteiger partial charge in [0, 0.05) is 6.54 Å². The minimum Gasteiger partial charge on any atom is -0.494 e. The monoisotopic (exact) mass is 426 g/mol. The first-order chi connectivity index (χ1) is 15.7. The van der Waals surface area contributed by atoms with Gasteiger partial charge in [-0.1, -0.05) is 54.1 Å². The molecule has 0 amide bonds. The van der Waals surface area contributed by atoms with Crippen LogP contribution in [0.15, 0.2) is 85.5 Å². The van der Waals surface area contributed by atoms with Gasteiger partial charge in [-0.25, -0.2) is 4.98 Å². The first kappa shape index (κ1) is 21.7. The average molecular weight is 427 g/mol. The van der Waals surface area contributed by atoms with E-state index in [1.165, 1.54) is 5.56 Å². The molecule has 0 atom stereocenters. The Kier molecular flexibility index (Phi) is 7.23. The molecule has 32 heavy (non-hydrogen) atoms. The summed E-state index contributed by atoms with van der Waals surface area (Å²) in [7, 11) is 0. The molecular formula is C28H30N2O2. The van der Waals surface area contributed by atoms with Crippen molar-refractivity contribution in [1.82, 2.24) is 9.55 Å². The second kappa shape index (κ2) is 10.7. The Hall–Kier alpha value is -3.53. The quantitative estimate of drug-likeness (QED) is 0.203. The standard InChI is InChI=1S/C28H30N2O2/c1-3-10-23-11-4-7-14-27(23)32-21-28-29-25-12-5-6-13-26(25)30(28)19-8-9-20-31-24-17-15-22(2)16-18-24/h3-7,11-18H,1,8-10,19-21H2,2H3. The lowest BCUT2D eigenvalue weighted by molar-refractivity contribution is 0.283. The van der Waals surface area contributed by atoms with Crippen molar-refractivity contribution in [1.29, 1.82) is 0 Å². The van der Waals surface area contributed by atoms with Gasteiger partial charge >= 0.3 is 0 Å². The van der Waals surface area contributed by atoms with Crippen molar-refractivity contribution in [3.63, 3.8) is 0 Å². The van der Waals surface area contributed by atoms with Crippen LogP contribution in [0.5, 0.6) is 11.5 Å². The summed E-state index contributed by atoms with van der Waals surface area (Å²) in [5.74, 6) is 2.76. The number of ether oxygens (including phenoxy) is 2. The van der Waals surface area contributed by atoms with Crippen LogP contribution in [0, 0.1) is 6.92 Å². The van der Waals surface area contributed by atoms with Gasteiger partial charge in [-0.2, -0.15) is 0 Å². The first-order valence-electron chi connectivity index (χ1n) is 11.2. The molecule has 0 aliphatic heterocycles. The summed E-state index contributed by atoms with van der Waals surface area (Å²) >= 11 is 0. The molecule has 4 nitrogen and oxygen atoms in total. The van der Waals surface area contributed by atoms with E-state index in [9.17, 15) is 0 Å². The van der Waals surface area contributed by atoms with Crippen molar-refractivity contribution >= 4 is 11.0 Å². The van der Waals surface area contributed by atoms with Crippen LogP contribution < -0.4 is 9.47 Å². The van der Waals surface area contributed by atoms with E-state index in [2.05, 4.69) is 54.5 Å². The van der Waals surface area contributed by atoms with Gasteiger partial charge in [0.15, 0.2) is 0 Å². The largest absolute Gasteiger partial charge is 0.494 e. The molecule has 0 fully saturated rings. The number of hydrogen-bond donors (Lipinski definition) is 0. The van der Waals surface area contributed by atoms with Crippen LogP contribution in [0.1, 0.15) is 29.8 Å². The molecule has 0 aliphatic carbocycles. The number of rotatable bonds is 11. The number of fused-ring (bicyclic) bond motifs is 1. The number of allylic oxidation sites excluding steroid dienone is 1. The summed E-state index contributed by atoms with van der Waals surface area (Å²) in [6, 6.07) is 24.6. The lowest BCUT2D eigenvalue weighted by Gasteiger charge is -2.13. The Morgan fingerprint density at radius 2 is 1.69 bits per heavy atom. The van der Waals surface area contributed by atoms with Gasteiger partial charge in [-0.15, -0.1) is 6.58 Å².